The fourth-order valence-corrected chi connectivity index (χ4v) is 4.00. The van der Waals surface area contributed by atoms with Crippen molar-refractivity contribution in [2.24, 2.45) is 10.7 Å². The maximum Gasteiger partial charge on any atom is 0.240 e. The number of para-hydroxylation sites is 1. The van der Waals surface area contributed by atoms with Crippen LogP contribution in [0.3, 0.4) is 0 Å². The summed E-state index contributed by atoms with van der Waals surface area (Å²) in [6.45, 7) is 0.0721. The average molecular weight is 371 g/mol. The number of anilines is 1. The molecule has 1 unspecified atom stereocenters. The Kier molecular flexibility index (Phi) is 5.27. The third-order valence-electron chi connectivity index (χ3n) is 4.12. The van der Waals surface area contributed by atoms with Gasteiger partial charge in [-0.25, -0.2) is 4.39 Å². The highest BCUT2D eigenvalue weighted by atomic mass is 32.2. The number of fused-ring (bicyclic) bond motifs is 1. The van der Waals surface area contributed by atoms with Gasteiger partial charge in [-0.15, -0.1) is 0 Å². The van der Waals surface area contributed by atoms with Crippen LogP contribution in [0.5, 0.6) is 0 Å². The lowest BCUT2D eigenvalue weighted by Crippen LogP contribution is -2.38. The van der Waals surface area contributed by atoms with Crippen molar-refractivity contribution in [1.82, 2.24) is 0 Å². The number of aliphatic imine (C=N–C) groups is 1. The average Bonchev–Trinajstić information content (AvgIpc) is 2.64. The maximum absolute atomic E-state index is 14.6. The Balaban J connectivity index is 1.93. The first-order valence-corrected chi connectivity index (χ1v) is 9.27. The quantitative estimate of drug-likeness (QED) is 0.839. The maximum atomic E-state index is 14.6. The van der Waals surface area contributed by atoms with Crippen molar-refractivity contribution in [3.63, 3.8) is 0 Å². The van der Waals surface area contributed by atoms with E-state index in [9.17, 15) is 13.4 Å². The molecule has 26 heavy (non-hydrogen) atoms. The van der Waals surface area contributed by atoms with Crippen molar-refractivity contribution in [2.45, 2.75) is 11.4 Å². The SMILES string of the molecule is CN=C/C(=C\N)c1ccc(CN2C(=O)CS(=O)c3ccccc32)c(F)c1. The van der Waals surface area contributed by atoms with E-state index in [2.05, 4.69) is 4.99 Å². The van der Waals surface area contributed by atoms with Gasteiger partial charge in [-0.1, -0.05) is 24.3 Å². The molecule has 2 aromatic carbocycles. The zero-order chi connectivity index (χ0) is 18.7. The van der Waals surface area contributed by atoms with Crippen LogP contribution in [0.1, 0.15) is 11.1 Å². The number of nitrogens with zero attached hydrogens (tertiary/aromatic N) is 2. The Hall–Kier alpha value is -2.80. The molecule has 5 nitrogen and oxygen atoms in total. The zero-order valence-corrected chi connectivity index (χ0v) is 15.0. The molecule has 0 fully saturated rings. The number of carbonyl (C=O) groups excluding carboxylic acids is 1. The Morgan fingerprint density at radius 2 is 2.12 bits per heavy atom. The first kappa shape index (κ1) is 18.0. The van der Waals surface area contributed by atoms with E-state index in [-0.39, 0.29) is 18.2 Å². The van der Waals surface area contributed by atoms with Crippen LogP contribution in [-0.4, -0.2) is 29.1 Å². The number of halogens is 1. The van der Waals surface area contributed by atoms with Crippen molar-refractivity contribution >= 4 is 34.2 Å². The number of rotatable bonds is 4. The molecule has 2 aromatic rings. The van der Waals surface area contributed by atoms with Crippen molar-refractivity contribution in [1.29, 1.82) is 0 Å². The minimum atomic E-state index is -1.36. The molecule has 0 bridgehead atoms. The van der Waals surface area contributed by atoms with Crippen LogP contribution in [0.2, 0.25) is 0 Å². The van der Waals surface area contributed by atoms with Crippen molar-refractivity contribution < 1.29 is 13.4 Å². The summed E-state index contributed by atoms with van der Waals surface area (Å²) in [6.07, 6.45) is 2.91. The van der Waals surface area contributed by atoms with Crippen molar-refractivity contribution in [2.75, 3.05) is 17.7 Å². The number of benzene rings is 2. The van der Waals surface area contributed by atoms with Crippen LogP contribution in [0.4, 0.5) is 10.1 Å². The lowest BCUT2D eigenvalue weighted by Gasteiger charge is -2.29. The van der Waals surface area contributed by atoms with Crippen LogP contribution in [-0.2, 0) is 22.1 Å². The number of amides is 1. The summed E-state index contributed by atoms with van der Waals surface area (Å²) < 4.78 is 26.7. The standard InChI is InChI=1S/C19H18FN3O2S/c1-22-10-15(9-21)13-6-7-14(16(20)8-13)11-23-17-4-2-3-5-18(17)26(25)12-19(23)24/h2-10H,11-12,21H2,1H3/b15-9+,22-10?. The largest absolute Gasteiger partial charge is 0.404 e. The van der Waals surface area contributed by atoms with E-state index in [4.69, 9.17) is 5.73 Å². The fourth-order valence-electron chi connectivity index (χ4n) is 2.83. The van der Waals surface area contributed by atoms with E-state index in [1.165, 1.54) is 17.2 Å². The van der Waals surface area contributed by atoms with Gasteiger partial charge >= 0.3 is 0 Å². The lowest BCUT2D eigenvalue weighted by atomic mass is 10.0. The fraction of sp³-hybridized carbons (Fsp3) is 0.158. The minimum absolute atomic E-state index is 0.0721. The van der Waals surface area contributed by atoms with Gasteiger partial charge in [-0.2, -0.15) is 0 Å². The lowest BCUT2D eigenvalue weighted by molar-refractivity contribution is -0.116. The van der Waals surface area contributed by atoms with Gasteiger partial charge in [-0.3, -0.25) is 14.0 Å². The Morgan fingerprint density at radius 1 is 1.35 bits per heavy atom. The number of hydrogen-bond acceptors (Lipinski definition) is 4. The minimum Gasteiger partial charge on any atom is -0.404 e. The van der Waals surface area contributed by atoms with E-state index in [1.807, 2.05) is 0 Å². The van der Waals surface area contributed by atoms with Gasteiger partial charge in [0.05, 0.1) is 27.9 Å². The van der Waals surface area contributed by atoms with E-state index < -0.39 is 16.6 Å². The molecule has 134 valence electrons. The Labute approximate surface area is 153 Å². The molecular weight excluding hydrogens is 353 g/mol. The van der Waals surface area contributed by atoms with E-state index in [0.29, 0.717) is 27.3 Å². The summed E-state index contributed by atoms with van der Waals surface area (Å²) in [5.74, 6) is -0.821. The van der Waals surface area contributed by atoms with Gasteiger partial charge in [-0.05, 0) is 23.8 Å². The molecule has 0 aromatic heterocycles. The summed E-state index contributed by atoms with van der Waals surface area (Å²) in [5, 5.41) is 0. The van der Waals surface area contributed by atoms with Crippen LogP contribution in [0.15, 0.2) is 58.6 Å². The van der Waals surface area contributed by atoms with Crippen molar-refractivity contribution in [3.8, 4) is 0 Å². The highest BCUT2D eigenvalue weighted by Gasteiger charge is 2.29. The van der Waals surface area contributed by atoms with Gasteiger partial charge in [0.2, 0.25) is 5.91 Å². The summed E-state index contributed by atoms with van der Waals surface area (Å²) in [7, 11) is 0.245. The zero-order valence-electron chi connectivity index (χ0n) is 14.2. The topological polar surface area (TPSA) is 75.8 Å². The molecule has 7 heteroatoms. The number of hydrogen-bond donors (Lipinski definition) is 1. The molecule has 1 atom stereocenters. The third kappa shape index (κ3) is 3.43. The predicted octanol–water partition coefficient (Wildman–Crippen LogP) is 2.48. The van der Waals surface area contributed by atoms with Gasteiger partial charge in [0.1, 0.15) is 11.6 Å². The van der Waals surface area contributed by atoms with Gasteiger partial charge in [0, 0.05) is 30.6 Å². The Bertz CT molecular complexity index is 940. The Morgan fingerprint density at radius 3 is 2.81 bits per heavy atom. The van der Waals surface area contributed by atoms with Gasteiger partial charge in [0.25, 0.3) is 0 Å². The molecule has 1 aliphatic rings. The second kappa shape index (κ2) is 7.61. The third-order valence-corrected chi connectivity index (χ3v) is 5.46. The summed E-state index contributed by atoms with van der Waals surface area (Å²) in [6, 6.07) is 11.7. The normalized spacial score (nSPS) is 17.6. The molecule has 0 spiro atoms. The van der Waals surface area contributed by atoms with Crippen LogP contribution in [0.25, 0.3) is 5.57 Å². The molecule has 0 saturated carbocycles. The molecule has 0 saturated heterocycles. The highest BCUT2D eigenvalue weighted by Crippen LogP contribution is 2.30. The summed E-state index contributed by atoms with van der Waals surface area (Å²) in [4.78, 5) is 18.3. The molecule has 1 aliphatic heterocycles. The van der Waals surface area contributed by atoms with Crippen LogP contribution in [0, 0.1) is 5.82 Å². The predicted molar refractivity (Wildman–Crippen MR) is 102 cm³/mol. The first-order valence-electron chi connectivity index (χ1n) is 7.95. The van der Waals surface area contributed by atoms with Crippen LogP contribution >= 0.6 is 0 Å². The molecule has 0 radical (unpaired) electrons. The van der Waals surface area contributed by atoms with E-state index in [1.54, 1.807) is 49.7 Å². The van der Waals surface area contributed by atoms with E-state index >= 15 is 0 Å². The molecule has 2 N–H and O–H groups in total. The molecule has 3 rings (SSSR count). The second-order valence-corrected chi connectivity index (χ2v) is 7.17. The second-order valence-electron chi connectivity index (χ2n) is 5.75. The number of carbonyl (C=O) groups is 1. The smallest absolute Gasteiger partial charge is 0.240 e. The molecular formula is C19H18FN3O2S. The molecule has 1 heterocycles. The van der Waals surface area contributed by atoms with Gasteiger partial charge in [0.15, 0.2) is 0 Å². The first-order chi connectivity index (χ1) is 12.5. The molecule has 1 amide bonds. The van der Waals surface area contributed by atoms with Gasteiger partial charge < -0.3 is 10.6 Å². The number of nitrogens with two attached hydrogens (primary N) is 1. The highest BCUT2D eigenvalue weighted by molar-refractivity contribution is 7.86. The summed E-state index contributed by atoms with van der Waals surface area (Å²) in [5.41, 5.74) is 7.69. The van der Waals surface area contributed by atoms with Crippen molar-refractivity contribution in [3.05, 3.63) is 65.6 Å². The number of allylic oxidation sites excluding steroid dienone is 1. The monoisotopic (exact) mass is 371 g/mol. The van der Waals surface area contributed by atoms with Crippen LogP contribution < -0.4 is 10.6 Å². The van der Waals surface area contributed by atoms with E-state index in [0.717, 1.165) is 0 Å². The molecule has 0 aliphatic carbocycles. The summed E-state index contributed by atoms with van der Waals surface area (Å²) >= 11 is 0.